The lowest BCUT2D eigenvalue weighted by Gasteiger charge is -2.11. The average molecular weight is 343 g/mol. The normalized spacial score (nSPS) is 10.7. The maximum absolute atomic E-state index is 5.98. The van der Waals surface area contributed by atoms with Gasteiger partial charge in [-0.05, 0) is 47.5 Å². The first-order valence-corrected chi connectivity index (χ1v) is 7.54. The standard InChI is InChI=1S/C14H17BrClN3/c1-3-4-7-17-14-18-10(2)9-19(14)13-6-5-11(16)8-12(13)15/h5-6,8-9H,3-4,7H2,1-2H3,(H,17,18). The molecule has 0 aliphatic rings. The number of aryl methyl sites for hydroxylation is 1. The number of nitrogens with zero attached hydrogens (tertiary/aromatic N) is 2. The van der Waals surface area contributed by atoms with E-state index in [0.717, 1.165) is 41.2 Å². The third-order valence-corrected chi connectivity index (χ3v) is 3.68. The number of unbranched alkanes of at least 4 members (excludes halogenated alkanes) is 1. The van der Waals surface area contributed by atoms with Crippen molar-refractivity contribution in [3.8, 4) is 5.69 Å². The van der Waals surface area contributed by atoms with E-state index in [1.54, 1.807) is 0 Å². The molecule has 19 heavy (non-hydrogen) atoms. The van der Waals surface area contributed by atoms with Crippen LogP contribution in [0.3, 0.4) is 0 Å². The average Bonchev–Trinajstić information content (AvgIpc) is 2.71. The molecule has 0 fully saturated rings. The van der Waals surface area contributed by atoms with Crippen molar-refractivity contribution >= 4 is 33.5 Å². The number of imidazole rings is 1. The third kappa shape index (κ3) is 3.51. The molecule has 0 aliphatic heterocycles. The quantitative estimate of drug-likeness (QED) is 0.790. The van der Waals surface area contributed by atoms with Crippen LogP contribution in [0.25, 0.3) is 5.69 Å². The van der Waals surface area contributed by atoms with Gasteiger partial charge >= 0.3 is 0 Å². The first-order valence-electron chi connectivity index (χ1n) is 6.37. The summed E-state index contributed by atoms with van der Waals surface area (Å²) in [5.41, 5.74) is 2.02. The molecule has 1 aromatic carbocycles. The number of hydrogen-bond donors (Lipinski definition) is 1. The van der Waals surface area contributed by atoms with E-state index >= 15 is 0 Å². The summed E-state index contributed by atoms with van der Waals surface area (Å²) >= 11 is 9.53. The molecular formula is C14H17BrClN3. The van der Waals surface area contributed by atoms with Gasteiger partial charge in [-0.25, -0.2) is 4.98 Å². The fourth-order valence-corrected chi connectivity index (χ4v) is 2.73. The molecule has 102 valence electrons. The molecule has 0 atom stereocenters. The van der Waals surface area contributed by atoms with Crippen molar-refractivity contribution in [2.75, 3.05) is 11.9 Å². The van der Waals surface area contributed by atoms with Gasteiger partial charge in [-0.3, -0.25) is 4.57 Å². The third-order valence-electron chi connectivity index (χ3n) is 2.81. The largest absolute Gasteiger partial charge is 0.355 e. The number of nitrogens with one attached hydrogen (secondary N) is 1. The second-order valence-corrected chi connectivity index (χ2v) is 5.74. The van der Waals surface area contributed by atoms with Crippen molar-refractivity contribution in [3.05, 3.63) is 39.6 Å². The molecule has 0 saturated heterocycles. The van der Waals surface area contributed by atoms with E-state index in [2.05, 4.69) is 33.2 Å². The van der Waals surface area contributed by atoms with Crippen LogP contribution in [-0.4, -0.2) is 16.1 Å². The second-order valence-electron chi connectivity index (χ2n) is 4.45. The van der Waals surface area contributed by atoms with Crippen molar-refractivity contribution in [2.45, 2.75) is 26.7 Å². The summed E-state index contributed by atoms with van der Waals surface area (Å²) in [5.74, 6) is 0.869. The molecule has 0 amide bonds. The lowest BCUT2D eigenvalue weighted by molar-refractivity contribution is 0.823. The van der Waals surface area contributed by atoms with Gasteiger partial charge in [0, 0.05) is 22.2 Å². The van der Waals surface area contributed by atoms with Crippen molar-refractivity contribution in [2.24, 2.45) is 0 Å². The highest BCUT2D eigenvalue weighted by atomic mass is 79.9. The summed E-state index contributed by atoms with van der Waals surface area (Å²) in [4.78, 5) is 4.52. The second kappa shape index (κ2) is 6.44. The fourth-order valence-electron chi connectivity index (χ4n) is 1.86. The summed E-state index contributed by atoms with van der Waals surface area (Å²) in [6.07, 6.45) is 4.31. The van der Waals surface area contributed by atoms with Crippen LogP contribution in [0.5, 0.6) is 0 Å². The molecule has 0 unspecified atom stereocenters. The fraction of sp³-hybridized carbons (Fsp3) is 0.357. The monoisotopic (exact) mass is 341 g/mol. The zero-order valence-electron chi connectivity index (χ0n) is 11.1. The number of anilines is 1. The van der Waals surface area contributed by atoms with Crippen molar-refractivity contribution in [3.63, 3.8) is 0 Å². The van der Waals surface area contributed by atoms with E-state index < -0.39 is 0 Å². The molecule has 0 aliphatic carbocycles. The number of halogens is 2. The maximum Gasteiger partial charge on any atom is 0.207 e. The Morgan fingerprint density at radius 3 is 2.89 bits per heavy atom. The Bertz CT molecular complexity index is 566. The van der Waals surface area contributed by atoms with Gasteiger partial charge in [-0.2, -0.15) is 0 Å². The molecule has 0 radical (unpaired) electrons. The number of hydrogen-bond acceptors (Lipinski definition) is 2. The highest BCUT2D eigenvalue weighted by Gasteiger charge is 2.10. The Balaban J connectivity index is 2.32. The van der Waals surface area contributed by atoms with E-state index in [4.69, 9.17) is 11.6 Å². The minimum Gasteiger partial charge on any atom is -0.355 e. The Morgan fingerprint density at radius 2 is 2.21 bits per heavy atom. The van der Waals surface area contributed by atoms with Gasteiger partial charge in [-0.1, -0.05) is 24.9 Å². The molecule has 5 heteroatoms. The van der Waals surface area contributed by atoms with Crippen molar-refractivity contribution < 1.29 is 0 Å². The predicted octanol–water partition coefficient (Wildman–Crippen LogP) is 4.81. The molecule has 3 nitrogen and oxygen atoms in total. The highest BCUT2D eigenvalue weighted by molar-refractivity contribution is 9.10. The van der Waals surface area contributed by atoms with Crippen molar-refractivity contribution in [1.29, 1.82) is 0 Å². The molecule has 0 bridgehead atoms. The van der Waals surface area contributed by atoms with Gasteiger partial charge < -0.3 is 5.32 Å². The zero-order valence-corrected chi connectivity index (χ0v) is 13.4. The molecular weight excluding hydrogens is 326 g/mol. The summed E-state index contributed by atoms with van der Waals surface area (Å²) in [6, 6.07) is 5.76. The summed E-state index contributed by atoms with van der Waals surface area (Å²) in [6.45, 7) is 5.10. The van der Waals surface area contributed by atoms with Gasteiger partial charge in [0.15, 0.2) is 0 Å². The molecule has 0 saturated carbocycles. The van der Waals surface area contributed by atoms with Crippen LogP contribution in [-0.2, 0) is 0 Å². The number of rotatable bonds is 5. The SMILES string of the molecule is CCCCNc1nc(C)cn1-c1ccc(Cl)cc1Br. The van der Waals surface area contributed by atoms with E-state index in [9.17, 15) is 0 Å². The van der Waals surface area contributed by atoms with Crippen LogP contribution in [0.15, 0.2) is 28.9 Å². The smallest absolute Gasteiger partial charge is 0.207 e. The predicted molar refractivity (Wildman–Crippen MR) is 84.4 cm³/mol. The Labute approximate surface area is 127 Å². The summed E-state index contributed by atoms with van der Waals surface area (Å²) < 4.78 is 3.00. The molecule has 0 spiro atoms. The Kier molecular flexibility index (Phi) is 4.88. The molecule has 1 aromatic heterocycles. The van der Waals surface area contributed by atoms with E-state index in [0.29, 0.717) is 5.02 Å². The van der Waals surface area contributed by atoms with Crippen molar-refractivity contribution in [1.82, 2.24) is 9.55 Å². The van der Waals surface area contributed by atoms with Gasteiger partial charge in [0.25, 0.3) is 0 Å². The van der Waals surface area contributed by atoms with Gasteiger partial charge in [0.1, 0.15) is 0 Å². The summed E-state index contributed by atoms with van der Waals surface area (Å²) in [5, 5.41) is 4.09. The van der Waals surface area contributed by atoms with Crippen LogP contribution in [0.4, 0.5) is 5.95 Å². The van der Waals surface area contributed by atoms with Crippen LogP contribution in [0, 0.1) is 6.92 Å². The topological polar surface area (TPSA) is 29.9 Å². The van der Waals surface area contributed by atoms with E-state index in [1.165, 1.54) is 0 Å². The van der Waals surface area contributed by atoms with Crippen LogP contribution in [0.2, 0.25) is 5.02 Å². The Morgan fingerprint density at radius 1 is 1.42 bits per heavy atom. The van der Waals surface area contributed by atoms with E-state index in [-0.39, 0.29) is 0 Å². The highest BCUT2D eigenvalue weighted by Crippen LogP contribution is 2.27. The van der Waals surface area contributed by atoms with Crippen LogP contribution in [0.1, 0.15) is 25.5 Å². The Hall–Kier alpha value is -1.000. The lowest BCUT2D eigenvalue weighted by Crippen LogP contribution is -2.07. The minimum atomic E-state index is 0.716. The zero-order chi connectivity index (χ0) is 13.8. The molecule has 1 heterocycles. The molecule has 1 N–H and O–H groups in total. The number of benzene rings is 1. The van der Waals surface area contributed by atoms with Gasteiger partial charge in [0.05, 0.1) is 11.4 Å². The summed E-state index contributed by atoms with van der Waals surface area (Å²) in [7, 11) is 0. The first-order chi connectivity index (χ1) is 9.11. The van der Waals surface area contributed by atoms with E-state index in [1.807, 2.05) is 35.9 Å². The van der Waals surface area contributed by atoms with Gasteiger partial charge in [-0.15, -0.1) is 0 Å². The maximum atomic E-state index is 5.98. The number of aromatic nitrogens is 2. The lowest BCUT2D eigenvalue weighted by atomic mass is 10.3. The van der Waals surface area contributed by atoms with Gasteiger partial charge in [0.2, 0.25) is 5.95 Å². The van der Waals surface area contributed by atoms with Crippen LogP contribution < -0.4 is 5.32 Å². The first kappa shape index (κ1) is 14.4. The van der Waals surface area contributed by atoms with Crippen LogP contribution >= 0.6 is 27.5 Å². The molecule has 2 aromatic rings. The minimum absolute atomic E-state index is 0.716. The molecule has 2 rings (SSSR count).